The van der Waals surface area contributed by atoms with E-state index in [0.717, 1.165) is 64.1 Å². The third-order valence-electron chi connectivity index (χ3n) is 7.48. The second-order valence-corrected chi connectivity index (χ2v) is 9.56. The number of halogens is 1. The van der Waals surface area contributed by atoms with Crippen LogP contribution in [0.5, 0.6) is 5.75 Å². The fourth-order valence-electron chi connectivity index (χ4n) is 5.49. The highest BCUT2D eigenvalue weighted by Crippen LogP contribution is 2.42. The van der Waals surface area contributed by atoms with Crippen molar-refractivity contribution in [1.29, 1.82) is 0 Å². The van der Waals surface area contributed by atoms with Crippen LogP contribution in [-0.4, -0.2) is 71.0 Å². The molecule has 0 radical (unpaired) electrons. The highest BCUT2D eigenvalue weighted by atomic mass is 19.1. The third kappa shape index (κ3) is 4.01. The average Bonchev–Trinajstić information content (AvgIpc) is 3.48. The van der Waals surface area contributed by atoms with E-state index in [4.69, 9.17) is 15.2 Å². The van der Waals surface area contributed by atoms with Crippen molar-refractivity contribution in [1.82, 2.24) is 24.8 Å². The zero-order valence-corrected chi connectivity index (χ0v) is 19.3. The fourth-order valence-corrected chi connectivity index (χ4v) is 5.49. The Kier molecular flexibility index (Phi) is 5.84. The molecule has 2 aromatic heterocycles. The summed E-state index contributed by atoms with van der Waals surface area (Å²) in [5.41, 5.74) is 8.21. The first kappa shape index (κ1) is 21.8. The third-order valence-corrected chi connectivity index (χ3v) is 7.48. The van der Waals surface area contributed by atoms with Crippen molar-refractivity contribution in [3.05, 3.63) is 36.5 Å². The summed E-state index contributed by atoms with van der Waals surface area (Å²) in [6.45, 7) is 5.52. The van der Waals surface area contributed by atoms with Crippen LogP contribution < -0.4 is 15.8 Å². The van der Waals surface area contributed by atoms with Gasteiger partial charge in [-0.15, -0.1) is 0 Å². The number of ether oxygens (including phenoxy) is 2. The quantitative estimate of drug-likeness (QED) is 0.577. The van der Waals surface area contributed by atoms with Gasteiger partial charge in [-0.25, -0.2) is 14.4 Å². The molecule has 0 spiro atoms. The molecule has 1 atom stereocenters. The van der Waals surface area contributed by atoms with Crippen molar-refractivity contribution >= 4 is 16.9 Å². The van der Waals surface area contributed by atoms with Crippen LogP contribution in [0, 0.1) is 5.82 Å². The number of anilines is 1. The molecule has 3 N–H and O–H groups in total. The highest BCUT2D eigenvalue weighted by Gasteiger charge is 2.36. The molecule has 3 aromatic rings. The molecule has 1 saturated carbocycles. The minimum absolute atomic E-state index is 0.0988. The van der Waals surface area contributed by atoms with Crippen molar-refractivity contribution < 1.29 is 13.9 Å². The fraction of sp³-hybridized carbons (Fsp3) is 0.520. The van der Waals surface area contributed by atoms with E-state index in [-0.39, 0.29) is 11.9 Å². The lowest BCUT2D eigenvalue weighted by atomic mass is 9.85. The van der Waals surface area contributed by atoms with Crippen molar-refractivity contribution in [2.75, 3.05) is 45.1 Å². The summed E-state index contributed by atoms with van der Waals surface area (Å²) >= 11 is 0. The maximum atomic E-state index is 15.1. The van der Waals surface area contributed by atoms with E-state index < -0.39 is 0 Å². The molecule has 0 unspecified atom stereocenters. The molecular formula is C25H31FN6O2. The topological polar surface area (TPSA) is 90.5 Å². The Balaban J connectivity index is 1.29. The maximum Gasteiger partial charge on any atom is 0.146 e. The number of piperazine rings is 1. The van der Waals surface area contributed by atoms with Gasteiger partial charge in [-0.1, -0.05) is 0 Å². The summed E-state index contributed by atoms with van der Waals surface area (Å²) in [5, 5.41) is 4.11. The lowest BCUT2D eigenvalue weighted by Crippen LogP contribution is -2.53. The first-order valence-electron chi connectivity index (χ1n) is 12.3. The van der Waals surface area contributed by atoms with E-state index in [1.807, 2.05) is 6.20 Å². The minimum Gasteiger partial charge on any atom is -0.491 e. The Hall–Kier alpha value is -2.75. The first-order chi connectivity index (χ1) is 16.7. The van der Waals surface area contributed by atoms with E-state index in [0.29, 0.717) is 46.8 Å². The van der Waals surface area contributed by atoms with Gasteiger partial charge in [0.15, 0.2) is 0 Å². The van der Waals surface area contributed by atoms with Crippen molar-refractivity contribution in [3.8, 4) is 16.9 Å². The minimum atomic E-state index is -0.320. The molecule has 1 aliphatic carbocycles. The number of hydrogen-bond acceptors (Lipinski definition) is 7. The number of hydrogen-bond donors (Lipinski definition) is 2. The van der Waals surface area contributed by atoms with Gasteiger partial charge < -0.3 is 25.1 Å². The number of aromatic nitrogens is 3. The second-order valence-electron chi connectivity index (χ2n) is 9.56. The number of benzene rings is 1. The Morgan fingerprint density at radius 3 is 2.79 bits per heavy atom. The first-order valence-corrected chi connectivity index (χ1v) is 12.3. The molecule has 34 heavy (non-hydrogen) atoms. The van der Waals surface area contributed by atoms with Gasteiger partial charge in [-0.3, -0.25) is 4.90 Å². The summed E-state index contributed by atoms with van der Waals surface area (Å²) in [4.78, 5) is 11.3. The molecule has 3 fully saturated rings. The van der Waals surface area contributed by atoms with E-state index in [2.05, 4.69) is 24.8 Å². The summed E-state index contributed by atoms with van der Waals surface area (Å²) in [6.07, 6.45) is 7.74. The van der Waals surface area contributed by atoms with Crippen LogP contribution >= 0.6 is 0 Å². The van der Waals surface area contributed by atoms with E-state index in [9.17, 15) is 0 Å². The number of nitrogens with two attached hydrogens (primary N) is 1. The second kappa shape index (κ2) is 9.13. The number of nitrogen functional groups attached to an aromatic ring is 1. The van der Waals surface area contributed by atoms with Gasteiger partial charge in [0, 0.05) is 62.2 Å². The van der Waals surface area contributed by atoms with Crippen LogP contribution in [0.3, 0.4) is 0 Å². The standard InChI is InChI=1S/C25H31FN6O2/c26-22-4-3-18(34-14-19-2-1-9-33-19)12-20(22)21-13-32(25-23(21)24(27)29-15-30-25)17-10-16(11-17)31-7-5-28-6-8-31/h3-4,12-13,15-17,19,28H,1-2,5-11,14H2,(H2,27,29,30)/t16?,17?,19-/m0/s1. The lowest BCUT2D eigenvalue weighted by Gasteiger charge is -2.45. The molecule has 2 aliphatic heterocycles. The number of nitrogens with zero attached hydrogens (tertiary/aromatic N) is 4. The van der Waals surface area contributed by atoms with Crippen molar-refractivity contribution in [2.45, 2.75) is 43.9 Å². The molecule has 1 aromatic carbocycles. The highest BCUT2D eigenvalue weighted by molar-refractivity contribution is 6.01. The van der Waals surface area contributed by atoms with Gasteiger partial charge in [-0.2, -0.15) is 0 Å². The van der Waals surface area contributed by atoms with Crippen molar-refractivity contribution in [2.24, 2.45) is 0 Å². The van der Waals surface area contributed by atoms with Crippen LogP contribution in [-0.2, 0) is 4.74 Å². The summed E-state index contributed by atoms with van der Waals surface area (Å²) in [5.74, 6) is 0.659. The van der Waals surface area contributed by atoms with E-state index in [1.165, 1.54) is 12.4 Å². The summed E-state index contributed by atoms with van der Waals surface area (Å²) in [7, 11) is 0. The SMILES string of the molecule is Nc1ncnc2c1c(-c1cc(OC[C@@H]3CCCO3)ccc1F)cn2C1CC(N2CCNCC2)C1. The lowest BCUT2D eigenvalue weighted by molar-refractivity contribution is 0.0679. The molecule has 6 rings (SSSR count). The van der Waals surface area contributed by atoms with Crippen LogP contribution in [0.1, 0.15) is 31.7 Å². The molecule has 180 valence electrons. The number of rotatable bonds is 6. The summed E-state index contributed by atoms with van der Waals surface area (Å²) < 4.78 is 28.8. The monoisotopic (exact) mass is 466 g/mol. The van der Waals surface area contributed by atoms with E-state index >= 15 is 4.39 Å². The van der Waals surface area contributed by atoms with Gasteiger partial charge in [0.2, 0.25) is 0 Å². The van der Waals surface area contributed by atoms with Gasteiger partial charge >= 0.3 is 0 Å². The van der Waals surface area contributed by atoms with Crippen LogP contribution in [0.25, 0.3) is 22.2 Å². The van der Waals surface area contributed by atoms with Gasteiger partial charge in [-0.05, 0) is 43.9 Å². The molecule has 4 heterocycles. The molecule has 2 saturated heterocycles. The maximum absolute atomic E-state index is 15.1. The Morgan fingerprint density at radius 2 is 2.00 bits per heavy atom. The molecular weight excluding hydrogens is 435 g/mol. The smallest absolute Gasteiger partial charge is 0.146 e. The average molecular weight is 467 g/mol. The summed E-state index contributed by atoms with van der Waals surface area (Å²) in [6, 6.07) is 5.76. The molecule has 0 bridgehead atoms. The predicted octanol–water partition coefficient (Wildman–Crippen LogP) is 2.99. The molecule has 9 heteroatoms. The van der Waals surface area contributed by atoms with Gasteiger partial charge in [0.25, 0.3) is 0 Å². The largest absolute Gasteiger partial charge is 0.491 e. The van der Waals surface area contributed by atoms with Crippen LogP contribution in [0.15, 0.2) is 30.7 Å². The normalized spacial score (nSPS) is 25.5. The molecule has 3 aliphatic rings. The molecule has 0 amide bonds. The van der Waals surface area contributed by atoms with Gasteiger partial charge in [0.1, 0.15) is 36.0 Å². The Labute approximate surface area is 198 Å². The van der Waals surface area contributed by atoms with Crippen LogP contribution in [0.4, 0.5) is 10.2 Å². The van der Waals surface area contributed by atoms with E-state index in [1.54, 1.807) is 12.1 Å². The zero-order chi connectivity index (χ0) is 23.1. The molecule has 8 nitrogen and oxygen atoms in total. The predicted molar refractivity (Wildman–Crippen MR) is 128 cm³/mol. The van der Waals surface area contributed by atoms with Crippen LogP contribution in [0.2, 0.25) is 0 Å². The number of nitrogens with one attached hydrogen (secondary N) is 1. The van der Waals surface area contributed by atoms with Crippen molar-refractivity contribution in [3.63, 3.8) is 0 Å². The zero-order valence-electron chi connectivity index (χ0n) is 19.3. The Morgan fingerprint density at radius 1 is 1.15 bits per heavy atom. The van der Waals surface area contributed by atoms with Gasteiger partial charge in [0.05, 0.1) is 11.5 Å². The number of fused-ring (bicyclic) bond motifs is 1. The Bertz CT molecular complexity index is 1170.